The molecule has 0 saturated heterocycles. The Morgan fingerprint density at radius 2 is 0.864 bits per heavy atom. The van der Waals surface area contributed by atoms with Crippen LogP contribution in [-0.2, 0) is 5.41 Å². The van der Waals surface area contributed by atoms with Gasteiger partial charge in [-0.2, -0.15) is 0 Å². The molecule has 7 aromatic rings. The van der Waals surface area contributed by atoms with Gasteiger partial charge in [0, 0.05) is 22.3 Å². The molecule has 0 fully saturated rings. The molecule has 0 radical (unpaired) electrons. The van der Waals surface area contributed by atoms with Crippen LogP contribution in [0.15, 0.2) is 164 Å². The van der Waals surface area contributed by atoms with Crippen molar-refractivity contribution in [1.82, 2.24) is 4.98 Å². The largest absolute Gasteiger partial charge is 0.457 e. The molecule has 2 nitrogen and oxygen atoms in total. The highest BCUT2D eigenvalue weighted by molar-refractivity contribution is 5.89. The lowest BCUT2D eigenvalue weighted by atomic mass is 9.66. The first-order valence-corrected chi connectivity index (χ1v) is 15.1. The number of fused-ring (bicyclic) bond motifs is 9. The van der Waals surface area contributed by atoms with Gasteiger partial charge < -0.3 is 4.74 Å². The zero-order valence-corrected chi connectivity index (χ0v) is 23.9. The van der Waals surface area contributed by atoms with Crippen LogP contribution in [0.2, 0.25) is 0 Å². The minimum atomic E-state index is -0.495. The molecule has 2 heterocycles. The van der Waals surface area contributed by atoms with Crippen molar-refractivity contribution in [2.45, 2.75) is 5.41 Å². The highest BCUT2D eigenvalue weighted by Crippen LogP contribution is 2.62. The Bertz CT molecular complexity index is 2100. The topological polar surface area (TPSA) is 22.1 Å². The zero-order valence-electron chi connectivity index (χ0n) is 23.9. The predicted molar refractivity (Wildman–Crippen MR) is 178 cm³/mol. The molecule has 2 heteroatoms. The number of benzene rings is 6. The van der Waals surface area contributed by atoms with Crippen LogP contribution in [-0.4, -0.2) is 4.98 Å². The monoisotopic (exact) mass is 561 g/mol. The summed E-state index contributed by atoms with van der Waals surface area (Å²) in [6, 6.07) is 58.2. The van der Waals surface area contributed by atoms with Gasteiger partial charge in [0.05, 0.1) is 16.8 Å². The van der Waals surface area contributed by atoms with Crippen LogP contribution >= 0.6 is 0 Å². The van der Waals surface area contributed by atoms with E-state index in [9.17, 15) is 0 Å². The SMILES string of the molecule is c1ccc(-c2cc(-c3ccc4c(c3)C3(c5ccccc5O4)c4ccccc4-c4ccccc43)cc(-c3ccccc3)n2)cc1. The first kappa shape index (κ1) is 24.8. The van der Waals surface area contributed by atoms with Gasteiger partial charge in [-0.1, -0.05) is 133 Å². The number of rotatable bonds is 3. The Kier molecular flexibility index (Phi) is 5.45. The fraction of sp³-hybridized carbons (Fsp3) is 0.0238. The number of pyridine rings is 1. The first-order chi connectivity index (χ1) is 21.8. The highest BCUT2D eigenvalue weighted by atomic mass is 16.5. The van der Waals surface area contributed by atoms with Crippen LogP contribution < -0.4 is 4.74 Å². The van der Waals surface area contributed by atoms with Crippen molar-refractivity contribution >= 4 is 0 Å². The van der Waals surface area contributed by atoms with E-state index >= 15 is 0 Å². The van der Waals surface area contributed by atoms with Crippen LogP contribution in [0.3, 0.4) is 0 Å². The second kappa shape index (κ2) is 9.65. The average Bonchev–Trinajstić information content (AvgIpc) is 3.40. The number of hydrogen-bond acceptors (Lipinski definition) is 2. The third-order valence-corrected chi connectivity index (χ3v) is 9.14. The minimum Gasteiger partial charge on any atom is -0.457 e. The molecule has 9 rings (SSSR count). The van der Waals surface area contributed by atoms with Crippen molar-refractivity contribution in [2.75, 3.05) is 0 Å². The summed E-state index contributed by atoms with van der Waals surface area (Å²) in [4.78, 5) is 5.12. The molecule has 0 amide bonds. The molecule has 1 aromatic heterocycles. The van der Waals surface area contributed by atoms with E-state index in [1.54, 1.807) is 0 Å². The molecular formula is C42H27NO. The Morgan fingerprint density at radius 3 is 1.48 bits per heavy atom. The maximum atomic E-state index is 6.66. The lowest BCUT2D eigenvalue weighted by Crippen LogP contribution is -2.32. The van der Waals surface area contributed by atoms with E-state index in [1.807, 2.05) is 12.1 Å². The van der Waals surface area contributed by atoms with Crippen molar-refractivity contribution < 1.29 is 4.74 Å². The van der Waals surface area contributed by atoms with Crippen LogP contribution in [0.1, 0.15) is 22.3 Å². The minimum absolute atomic E-state index is 0.495. The second-order valence-electron chi connectivity index (χ2n) is 11.5. The molecule has 6 aromatic carbocycles. The Morgan fingerprint density at radius 1 is 0.364 bits per heavy atom. The van der Waals surface area contributed by atoms with Crippen LogP contribution in [0.4, 0.5) is 0 Å². The van der Waals surface area contributed by atoms with E-state index < -0.39 is 5.41 Å². The van der Waals surface area contributed by atoms with Gasteiger partial charge >= 0.3 is 0 Å². The maximum absolute atomic E-state index is 6.66. The molecule has 0 unspecified atom stereocenters. The smallest absolute Gasteiger partial charge is 0.132 e. The molecule has 1 aliphatic carbocycles. The Balaban J connectivity index is 1.32. The Hall–Kier alpha value is -5.73. The maximum Gasteiger partial charge on any atom is 0.132 e. The van der Waals surface area contributed by atoms with E-state index in [4.69, 9.17) is 9.72 Å². The summed E-state index contributed by atoms with van der Waals surface area (Å²) in [5, 5.41) is 0. The zero-order chi connectivity index (χ0) is 29.1. The lowest BCUT2D eigenvalue weighted by Gasteiger charge is -2.39. The quantitative estimate of drug-likeness (QED) is 0.214. The summed E-state index contributed by atoms with van der Waals surface area (Å²) in [5.74, 6) is 1.79. The molecule has 0 atom stereocenters. The van der Waals surface area contributed by atoms with Crippen molar-refractivity contribution in [2.24, 2.45) is 0 Å². The predicted octanol–water partition coefficient (Wildman–Crippen LogP) is 10.6. The van der Waals surface area contributed by atoms with E-state index in [0.29, 0.717) is 0 Å². The van der Waals surface area contributed by atoms with Crippen molar-refractivity contribution in [3.8, 4) is 56.3 Å². The first-order valence-electron chi connectivity index (χ1n) is 15.1. The molecule has 1 spiro atoms. The summed E-state index contributed by atoms with van der Waals surface area (Å²) in [6.07, 6.45) is 0. The fourth-order valence-electron chi connectivity index (χ4n) is 7.25. The molecular weight excluding hydrogens is 534 g/mol. The molecule has 44 heavy (non-hydrogen) atoms. The summed E-state index contributed by atoms with van der Waals surface area (Å²) in [7, 11) is 0. The number of nitrogens with zero attached hydrogens (tertiary/aromatic N) is 1. The molecule has 0 bridgehead atoms. The number of aromatic nitrogens is 1. The van der Waals surface area contributed by atoms with E-state index in [2.05, 4.69) is 152 Å². The Labute approximate surface area is 256 Å². The summed E-state index contributed by atoms with van der Waals surface area (Å²) in [6.45, 7) is 0. The molecule has 1 aliphatic heterocycles. The van der Waals surface area contributed by atoms with Crippen LogP contribution in [0.25, 0.3) is 44.8 Å². The van der Waals surface area contributed by atoms with Crippen molar-refractivity contribution in [3.05, 3.63) is 186 Å². The molecule has 2 aliphatic rings. The lowest BCUT2D eigenvalue weighted by molar-refractivity contribution is 0.436. The van der Waals surface area contributed by atoms with Gasteiger partial charge in [-0.25, -0.2) is 4.98 Å². The van der Waals surface area contributed by atoms with Gasteiger partial charge in [-0.05, 0) is 63.7 Å². The van der Waals surface area contributed by atoms with Gasteiger partial charge in [0.1, 0.15) is 11.5 Å². The molecule has 0 N–H and O–H groups in total. The van der Waals surface area contributed by atoms with Crippen LogP contribution in [0, 0.1) is 0 Å². The molecule has 0 saturated carbocycles. The number of para-hydroxylation sites is 1. The third kappa shape index (κ3) is 3.58. The number of ether oxygens (including phenoxy) is 1. The van der Waals surface area contributed by atoms with E-state index in [0.717, 1.165) is 50.7 Å². The summed E-state index contributed by atoms with van der Waals surface area (Å²) >= 11 is 0. The molecule has 206 valence electrons. The standard InChI is InChI=1S/C42H27NO/c1-3-13-28(14-4-1)38-26-31(27-39(43-38)29-15-5-2-6-16-29)30-23-24-41-37(25-30)42(36-21-11-12-22-40(36)44-41)34-19-9-7-17-32(34)33-18-8-10-20-35(33)42/h1-27H. The second-order valence-corrected chi connectivity index (χ2v) is 11.5. The normalized spacial score (nSPS) is 13.4. The van der Waals surface area contributed by atoms with Gasteiger partial charge in [0.2, 0.25) is 0 Å². The summed E-state index contributed by atoms with van der Waals surface area (Å²) < 4.78 is 6.66. The fourth-order valence-corrected chi connectivity index (χ4v) is 7.25. The van der Waals surface area contributed by atoms with Gasteiger partial charge in [-0.15, -0.1) is 0 Å². The number of hydrogen-bond donors (Lipinski definition) is 0. The van der Waals surface area contributed by atoms with Crippen molar-refractivity contribution in [1.29, 1.82) is 0 Å². The highest BCUT2D eigenvalue weighted by Gasteiger charge is 2.50. The average molecular weight is 562 g/mol. The summed E-state index contributed by atoms with van der Waals surface area (Å²) in [5.41, 5.74) is 13.3. The van der Waals surface area contributed by atoms with Gasteiger partial charge in [-0.3, -0.25) is 0 Å². The van der Waals surface area contributed by atoms with Gasteiger partial charge in [0.25, 0.3) is 0 Å². The van der Waals surface area contributed by atoms with Crippen molar-refractivity contribution in [3.63, 3.8) is 0 Å². The van der Waals surface area contributed by atoms with Gasteiger partial charge in [0.15, 0.2) is 0 Å². The van der Waals surface area contributed by atoms with E-state index in [1.165, 1.54) is 27.8 Å². The third-order valence-electron chi connectivity index (χ3n) is 9.14. The van der Waals surface area contributed by atoms with E-state index in [-0.39, 0.29) is 0 Å². The van der Waals surface area contributed by atoms with Crippen LogP contribution in [0.5, 0.6) is 11.5 Å².